The molecular weight excluding hydrogens is 231 g/mol. The minimum atomic E-state index is -1.35. The fourth-order valence-electron chi connectivity index (χ4n) is 1.62. The molecule has 1 nitrogen and oxygen atoms in total. The van der Waals surface area contributed by atoms with Gasteiger partial charge in [-0.25, -0.2) is 0 Å². The molecule has 0 heterocycles. The van der Waals surface area contributed by atoms with E-state index in [1.165, 1.54) is 18.5 Å². The molecule has 0 unspecified atom stereocenters. The summed E-state index contributed by atoms with van der Waals surface area (Å²) in [6.07, 6.45) is 3.74. The molecule has 0 fully saturated rings. The van der Waals surface area contributed by atoms with E-state index in [1.54, 1.807) is 0 Å². The van der Waals surface area contributed by atoms with Crippen LogP contribution in [0.4, 0.5) is 0 Å². The van der Waals surface area contributed by atoms with E-state index in [1.807, 2.05) is 0 Å². The summed E-state index contributed by atoms with van der Waals surface area (Å²) in [7, 11) is -1.35. The van der Waals surface area contributed by atoms with E-state index in [0.717, 1.165) is 0 Å². The van der Waals surface area contributed by atoms with Crippen molar-refractivity contribution < 1.29 is 21.6 Å². The van der Waals surface area contributed by atoms with Crippen LogP contribution in [0.2, 0.25) is 0 Å². The molecule has 0 spiro atoms. The Hall–Kier alpha value is 0.909. The summed E-state index contributed by atoms with van der Waals surface area (Å²) in [5.74, 6) is 0. The maximum Gasteiger partial charge on any atom is 0 e. The minimum absolute atomic E-state index is 0. The van der Waals surface area contributed by atoms with Gasteiger partial charge in [-0.1, -0.05) is 0 Å². The normalized spacial score (nSPS) is 13.7. The molecule has 0 aromatic carbocycles. The van der Waals surface area contributed by atoms with Crippen LogP contribution in [0.1, 0.15) is 41.5 Å². The largest absolute Gasteiger partial charge is 0 e. The van der Waals surface area contributed by atoms with Gasteiger partial charge >= 0.3 is 77.6 Å². The second-order valence-electron chi connectivity index (χ2n) is 4.46. The molecule has 0 atom stereocenters. The van der Waals surface area contributed by atoms with E-state index < -0.39 is 7.49 Å². The van der Waals surface area contributed by atoms with Crippen LogP contribution < -0.4 is 0 Å². The standard InChI is InChI=1S/C10H25OP.Cu/c1-7-12(8-2,9-3)11-10(4,5)6;/h12H,7-9H2,1-6H3;. The molecule has 0 amide bonds. The van der Waals surface area contributed by atoms with Crippen LogP contribution in [0.5, 0.6) is 0 Å². The summed E-state index contributed by atoms with van der Waals surface area (Å²) in [6, 6.07) is 0. The molecule has 0 aromatic rings. The van der Waals surface area contributed by atoms with E-state index in [4.69, 9.17) is 4.52 Å². The quantitative estimate of drug-likeness (QED) is 0.552. The molecular formula is C10H25CuOP. The van der Waals surface area contributed by atoms with Gasteiger partial charge in [0.15, 0.2) is 0 Å². The summed E-state index contributed by atoms with van der Waals surface area (Å²) >= 11 is 0. The summed E-state index contributed by atoms with van der Waals surface area (Å²) in [5.41, 5.74) is 0.0499. The van der Waals surface area contributed by atoms with Crippen LogP contribution in [0, 0.1) is 0 Å². The Balaban J connectivity index is 0. The number of rotatable bonds is 4. The van der Waals surface area contributed by atoms with Gasteiger partial charge in [-0.2, -0.15) is 0 Å². The molecule has 0 aliphatic rings. The molecule has 87 valence electrons. The fourth-order valence-corrected chi connectivity index (χ4v) is 4.85. The maximum atomic E-state index is 6.21. The predicted octanol–water partition coefficient (Wildman–Crippen LogP) is 3.52. The molecule has 0 saturated carbocycles. The van der Waals surface area contributed by atoms with E-state index in [0.29, 0.717) is 0 Å². The van der Waals surface area contributed by atoms with Gasteiger partial charge in [0.2, 0.25) is 0 Å². The Bertz CT molecular complexity index is 119. The molecule has 3 heteroatoms. The first-order valence-electron chi connectivity index (χ1n) is 5.09. The monoisotopic (exact) mass is 255 g/mol. The van der Waals surface area contributed by atoms with E-state index in [2.05, 4.69) is 41.5 Å². The van der Waals surface area contributed by atoms with Crippen LogP contribution in [0.3, 0.4) is 0 Å². The molecule has 0 rings (SSSR count). The van der Waals surface area contributed by atoms with Gasteiger partial charge in [0.1, 0.15) is 0 Å². The summed E-state index contributed by atoms with van der Waals surface area (Å²) in [5, 5.41) is 0. The maximum absolute atomic E-state index is 6.21. The molecule has 0 N–H and O–H groups in total. The predicted molar refractivity (Wildman–Crippen MR) is 60.8 cm³/mol. The van der Waals surface area contributed by atoms with E-state index in [-0.39, 0.29) is 22.7 Å². The first kappa shape index (κ1) is 16.3. The third kappa shape index (κ3) is 6.07. The van der Waals surface area contributed by atoms with Gasteiger partial charge in [0, 0.05) is 17.1 Å². The van der Waals surface area contributed by atoms with Crippen molar-refractivity contribution in [1.29, 1.82) is 0 Å². The van der Waals surface area contributed by atoms with Crippen molar-refractivity contribution in [1.82, 2.24) is 0 Å². The molecule has 0 aliphatic carbocycles. The van der Waals surface area contributed by atoms with Crippen molar-refractivity contribution in [2.45, 2.75) is 47.1 Å². The molecule has 0 saturated heterocycles. The van der Waals surface area contributed by atoms with E-state index >= 15 is 0 Å². The summed E-state index contributed by atoms with van der Waals surface area (Å²) < 4.78 is 6.21. The van der Waals surface area contributed by atoms with Gasteiger partial charge in [0.25, 0.3) is 0 Å². The number of hydrogen-bond acceptors (Lipinski definition) is 1. The Labute approximate surface area is 94.9 Å². The van der Waals surface area contributed by atoms with Gasteiger partial charge < -0.3 is 0 Å². The first-order chi connectivity index (χ1) is 5.39. The summed E-state index contributed by atoms with van der Waals surface area (Å²) in [6.45, 7) is 13.3. The van der Waals surface area contributed by atoms with Crippen molar-refractivity contribution in [2.24, 2.45) is 0 Å². The zero-order chi connectivity index (χ0) is 9.83. The average molecular weight is 256 g/mol. The van der Waals surface area contributed by atoms with Crippen LogP contribution in [-0.2, 0) is 21.6 Å². The first-order valence-corrected chi connectivity index (χ1v) is 7.62. The number of hydrogen-bond donors (Lipinski definition) is 0. The van der Waals surface area contributed by atoms with Crippen molar-refractivity contribution in [3.05, 3.63) is 0 Å². The smallest absolute Gasteiger partial charge is 0 e. The zero-order valence-electron chi connectivity index (χ0n) is 9.83. The van der Waals surface area contributed by atoms with E-state index in [9.17, 15) is 0 Å². The Kier molecular flexibility index (Phi) is 8.05. The van der Waals surface area contributed by atoms with Crippen LogP contribution >= 0.6 is 7.49 Å². The van der Waals surface area contributed by atoms with Crippen molar-refractivity contribution in [2.75, 3.05) is 18.5 Å². The molecule has 0 bridgehead atoms. The SMILES string of the molecule is CC[PH](CC)(CC)OC(C)(C)C.[Cu]. The average Bonchev–Trinajstić information content (AvgIpc) is 1.99. The van der Waals surface area contributed by atoms with Gasteiger partial charge in [-0.15, -0.1) is 0 Å². The van der Waals surface area contributed by atoms with Crippen molar-refractivity contribution >= 4 is 7.49 Å². The van der Waals surface area contributed by atoms with Crippen LogP contribution in [0.15, 0.2) is 0 Å². The minimum Gasteiger partial charge on any atom is 0 e. The van der Waals surface area contributed by atoms with Crippen molar-refractivity contribution in [3.8, 4) is 0 Å². The molecule has 13 heavy (non-hydrogen) atoms. The second kappa shape index (κ2) is 6.40. The van der Waals surface area contributed by atoms with Gasteiger partial charge in [-0.05, 0) is 0 Å². The molecule has 0 aliphatic heterocycles. The topological polar surface area (TPSA) is 9.23 Å². The molecule has 0 aromatic heterocycles. The van der Waals surface area contributed by atoms with Crippen molar-refractivity contribution in [3.63, 3.8) is 0 Å². The molecule has 1 radical (unpaired) electrons. The third-order valence-electron chi connectivity index (χ3n) is 2.46. The second-order valence-corrected chi connectivity index (χ2v) is 9.15. The van der Waals surface area contributed by atoms with Crippen LogP contribution in [-0.4, -0.2) is 24.1 Å². The zero-order valence-corrected chi connectivity index (χ0v) is 11.8. The fraction of sp³-hybridized carbons (Fsp3) is 1.00. The third-order valence-corrected chi connectivity index (χ3v) is 7.37. The summed E-state index contributed by atoms with van der Waals surface area (Å²) in [4.78, 5) is 0. The van der Waals surface area contributed by atoms with Gasteiger partial charge in [0.05, 0.1) is 0 Å². The Morgan fingerprint density at radius 1 is 0.923 bits per heavy atom. The van der Waals surface area contributed by atoms with Gasteiger partial charge in [-0.3, -0.25) is 0 Å². The Morgan fingerprint density at radius 3 is 1.31 bits per heavy atom. The van der Waals surface area contributed by atoms with Crippen LogP contribution in [0.25, 0.3) is 0 Å². The Morgan fingerprint density at radius 2 is 1.23 bits per heavy atom.